The van der Waals surface area contributed by atoms with Crippen LogP contribution >= 0.6 is 0 Å². The molecule has 1 fully saturated rings. The van der Waals surface area contributed by atoms with Gasteiger partial charge >= 0.3 is 6.18 Å². The Morgan fingerprint density at radius 3 is 2.58 bits per heavy atom. The molecule has 12 heteroatoms. The van der Waals surface area contributed by atoms with Gasteiger partial charge < -0.3 is 0 Å². The zero-order valence-electron chi connectivity index (χ0n) is 16.6. The van der Waals surface area contributed by atoms with Gasteiger partial charge in [0, 0.05) is 25.8 Å². The van der Waals surface area contributed by atoms with Crippen LogP contribution in [0.5, 0.6) is 0 Å². The van der Waals surface area contributed by atoms with E-state index in [1.165, 1.54) is 27.5 Å². The van der Waals surface area contributed by atoms with E-state index in [-0.39, 0.29) is 29.2 Å². The Bertz CT molecular complexity index is 1230. The molecule has 3 aromatic rings. The summed E-state index contributed by atoms with van der Waals surface area (Å²) in [5.41, 5.74) is 0.247. The van der Waals surface area contributed by atoms with Gasteiger partial charge in [0.15, 0.2) is 5.65 Å². The fraction of sp³-hybridized carbons (Fsp3) is 0.526. The number of pyridine rings is 1. The minimum absolute atomic E-state index is 0.127. The van der Waals surface area contributed by atoms with Gasteiger partial charge in [-0.3, -0.25) is 4.68 Å². The normalized spacial score (nSPS) is 19.1. The molecule has 31 heavy (non-hydrogen) atoms. The lowest BCUT2D eigenvalue weighted by atomic mass is 9.88. The Morgan fingerprint density at radius 1 is 1.06 bits per heavy atom. The molecular weight excluding hydrogens is 433 g/mol. The molecule has 166 valence electrons. The second-order valence-corrected chi connectivity index (χ2v) is 9.92. The lowest BCUT2D eigenvalue weighted by molar-refractivity contribution is -0.138. The molecule has 0 aromatic carbocycles. The maximum Gasteiger partial charge on any atom is 0.416 e. The Kier molecular flexibility index (Phi) is 4.81. The summed E-state index contributed by atoms with van der Waals surface area (Å²) in [5, 5.41) is 8.16. The first kappa shape index (κ1) is 20.4. The summed E-state index contributed by atoms with van der Waals surface area (Å²) in [5.74, 6) is -0.419. The number of fused-ring (bicyclic) bond motifs is 2. The topological polar surface area (TPSA) is 85.4 Å². The minimum Gasteiger partial charge on any atom is -0.268 e. The van der Waals surface area contributed by atoms with Crippen LogP contribution in [0.2, 0.25) is 0 Å². The predicted molar refractivity (Wildman–Crippen MR) is 104 cm³/mol. The van der Waals surface area contributed by atoms with E-state index in [0.29, 0.717) is 25.8 Å². The van der Waals surface area contributed by atoms with Gasteiger partial charge in [0.1, 0.15) is 11.2 Å². The summed E-state index contributed by atoms with van der Waals surface area (Å²) < 4.78 is 71.9. The molecule has 3 aromatic heterocycles. The molecule has 1 saturated heterocycles. The van der Waals surface area contributed by atoms with Crippen molar-refractivity contribution in [2.75, 3.05) is 13.1 Å². The molecule has 0 aliphatic carbocycles. The first-order valence-electron chi connectivity index (χ1n) is 10.2. The first-order valence-corrected chi connectivity index (χ1v) is 11.6. The quantitative estimate of drug-likeness (QED) is 0.608. The second kappa shape index (κ2) is 7.30. The van der Waals surface area contributed by atoms with Crippen molar-refractivity contribution in [3.05, 3.63) is 41.6 Å². The number of hydrogen-bond acceptors (Lipinski definition) is 5. The molecule has 2 aliphatic rings. The highest BCUT2D eigenvalue weighted by atomic mass is 32.2. The summed E-state index contributed by atoms with van der Waals surface area (Å²) in [6.07, 6.45) is 2.61. The molecule has 0 radical (unpaired) electrons. The number of aryl methyl sites for hydroxylation is 1. The van der Waals surface area contributed by atoms with Crippen molar-refractivity contribution >= 4 is 15.7 Å². The average molecular weight is 454 g/mol. The molecule has 0 saturated carbocycles. The van der Waals surface area contributed by atoms with Crippen LogP contribution in [-0.2, 0) is 29.2 Å². The first-order chi connectivity index (χ1) is 14.7. The number of aromatic nitrogens is 5. The van der Waals surface area contributed by atoms with Gasteiger partial charge in [-0.05, 0) is 49.7 Å². The Balaban J connectivity index is 1.40. The van der Waals surface area contributed by atoms with Crippen molar-refractivity contribution in [1.29, 1.82) is 0 Å². The molecular formula is C19H21F3N6O2S. The highest BCUT2D eigenvalue weighted by Gasteiger charge is 2.39. The van der Waals surface area contributed by atoms with E-state index in [1.807, 2.05) is 0 Å². The number of hydrogen-bond donors (Lipinski definition) is 0. The van der Waals surface area contributed by atoms with Gasteiger partial charge in [-0.1, -0.05) is 0 Å². The van der Waals surface area contributed by atoms with E-state index in [1.54, 1.807) is 4.68 Å². The van der Waals surface area contributed by atoms with Crippen LogP contribution in [0.25, 0.3) is 5.65 Å². The number of nitrogens with zero attached hydrogens (tertiary/aromatic N) is 6. The third-order valence-corrected chi connectivity index (χ3v) is 8.15. The molecule has 5 rings (SSSR count). The summed E-state index contributed by atoms with van der Waals surface area (Å²) in [6, 6.07) is 1.00. The summed E-state index contributed by atoms with van der Waals surface area (Å²) >= 11 is 0. The minimum atomic E-state index is -4.52. The highest BCUT2D eigenvalue weighted by Crippen LogP contribution is 2.40. The third-order valence-electron chi connectivity index (χ3n) is 6.21. The van der Waals surface area contributed by atoms with Gasteiger partial charge in [0.05, 0.1) is 17.5 Å². The van der Waals surface area contributed by atoms with Crippen LogP contribution < -0.4 is 0 Å². The van der Waals surface area contributed by atoms with Gasteiger partial charge in [-0.15, -0.1) is 0 Å². The van der Waals surface area contributed by atoms with Crippen LogP contribution in [0.15, 0.2) is 29.7 Å². The SMILES string of the molecule is O=S(=O)(c1cnn2c1CCCC2)N1CCC(c2cn3ncnc3cc2C(F)(F)F)CC1. The van der Waals surface area contributed by atoms with E-state index < -0.39 is 27.7 Å². The smallest absolute Gasteiger partial charge is 0.268 e. The highest BCUT2D eigenvalue weighted by molar-refractivity contribution is 7.89. The van der Waals surface area contributed by atoms with E-state index >= 15 is 0 Å². The van der Waals surface area contributed by atoms with Gasteiger partial charge in [0.2, 0.25) is 10.0 Å². The maximum absolute atomic E-state index is 13.7. The van der Waals surface area contributed by atoms with E-state index in [2.05, 4.69) is 15.2 Å². The predicted octanol–water partition coefficient (Wildman–Crippen LogP) is 2.85. The number of rotatable bonds is 3. The van der Waals surface area contributed by atoms with Crippen LogP contribution in [-0.4, -0.2) is 50.2 Å². The van der Waals surface area contributed by atoms with Gasteiger partial charge in [-0.2, -0.15) is 27.7 Å². The molecule has 8 nitrogen and oxygen atoms in total. The molecule has 2 aliphatic heterocycles. The largest absolute Gasteiger partial charge is 0.416 e. The van der Waals surface area contributed by atoms with Crippen LogP contribution in [0.3, 0.4) is 0 Å². The lowest BCUT2D eigenvalue weighted by Gasteiger charge is -2.32. The van der Waals surface area contributed by atoms with Crippen molar-refractivity contribution in [3.63, 3.8) is 0 Å². The number of sulfonamides is 1. The number of piperidine rings is 1. The third kappa shape index (κ3) is 3.51. The molecule has 0 atom stereocenters. The molecule has 0 N–H and O–H groups in total. The zero-order chi connectivity index (χ0) is 21.8. The fourth-order valence-electron chi connectivity index (χ4n) is 4.60. The Hall–Kier alpha value is -2.47. The second-order valence-electron chi connectivity index (χ2n) is 8.02. The monoisotopic (exact) mass is 454 g/mol. The molecule has 0 amide bonds. The van der Waals surface area contributed by atoms with Crippen molar-refractivity contribution in [2.24, 2.45) is 0 Å². The van der Waals surface area contributed by atoms with Crippen LogP contribution in [0.1, 0.15) is 48.4 Å². The number of alkyl halides is 3. The molecule has 0 unspecified atom stereocenters. The standard InChI is InChI=1S/C19H21F3N6O2S/c20-19(21,22)15-9-18-23-12-25-28(18)11-14(15)13-4-7-26(8-5-13)31(29,30)17-10-24-27-6-2-1-3-16(17)27/h9-13H,1-8H2. The van der Waals surface area contributed by atoms with E-state index in [9.17, 15) is 21.6 Å². The summed E-state index contributed by atoms with van der Waals surface area (Å²) in [4.78, 5) is 4.07. The summed E-state index contributed by atoms with van der Waals surface area (Å²) in [7, 11) is -3.73. The molecule has 0 bridgehead atoms. The molecule has 5 heterocycles. The number of halogens is 3. The van der Waals surface area contributed by atoms with Gasteiger partial charge in [-0.25, -0.2) is 17.9 Å². The van der Waals surface area contributed by atoms with Gasteiger partial charge in [0.25, 0.3) is 0 Å². The van der Waals surface area contributed by atoms with Crippen molar-refractivity contribution < 1.29 is 21.6 Å². The Morgan fingerprint density at radius 2 is 1.84 bits per heavy atom. The Labute approximate surface area is 176 Å². The fourth-order valence-corrected chi connectivity index (χ4v) is 6.26. The zero-order valence-corrected chi connectivity index (χ0v) is 17.4. The van der Waals surface area contributed by atoms with Crippen molar-refractivity contribution in [2.45, 2.75) is 55.6 Å². The van der Waals surface area contributed by atoms with Crippen LogP contribution in [0, 0.1) is 0 Å². The summed E-state index contributed by atoms with van der Waals surface area (Å²) in [6.45, 7) is 1.02. The average Bonchev–Trinajstić information content (AvgIpc) is 3.39. The van der Waals surface area contributed by atoms with E-state index in [4.69, 9.17) is 0 Å². The van der Waals surface area contributed by atoms with E-state index in [0.717, 1.165) is 24.6 Å². The van der Waals surface area contributed by atoms with Crippen LogP contribution in [0.4, 0.5) is 13.2 Å². The maximum atomic E-state index is 13.7. The molecule has 0 spiro atoms. The van der Waals surface area contributed by atoms with Crippen molar-refractivity contribution in [3.8, 4) is 0 Å². The lowest BCUT2D eigenvalue weighted by Crippen LogP contribution is -2.38. The van der Waals surface area contributed by atoms with Crippen molar-refractivity contribution in [1.82, 2.24) is 28.7 Å².